The van der Waals surface area contributed by atoms with Crippen LogP contribution in [0, 0.1) is 6.92 Å². The van der Waals surface area contributed by atoms with Gasteiger partial charge in [0.25, 0.3) is 0 Å². The Morgan fingerprint density at radius 2 is 1.92 bits per heavy atom. The van der Waals surface area contributed by atoms with Crippen molar-refractivity contribution in [3.05, 3.63) is 64.2 Å². The second kappa shape index (κ2) is 11.6. The van der Waals surface area contributed by atoms with Crippen LogP contribution >= 0.6 is 11.3 Å². The summed E-state index contributed by atoms with van der Waals surface area (Å²) < 4.78 is 1.23. The Bertz CT molecular complexity index is 1430. The number of nitrogens with zero attached hydrogens (tertiary/aromatic N) is 5. The SMILES string of the molecule is Cc1c(CN(C)C(=O)/C=C/c2cnc3c(c2)CN(CC(=O)N2CCN(C)CC2)CC(=O)N3)sc2ccccc12. The van der Waals surface area contributed by atoms with Gasteiger partial charge in [-0.1, -0.05) is 18.2 Å². The topological polar surface area (TPSA) is 89.1 Å². The van der Waals surface area contributed by atoms with Gasteiger partial charge < -0.3 is 20.0 Å². The van der Waals surface area contributed by atoms with Gasteiger partial charge in [-0.25, -0.2) is 4.98 Å². The molecule has 1 fully saturated rings. The van der Waals surface area contributed by atoms with Crippen LogP contribution in [-0.4, -0.2) is 95.7 Å². The van der Waals surface area contributed by atoms with Crippen LogP contribution in [0.4, 0.5) is 5.82 Å². The molecular weight excluding hydrogens is 512 g/mol. The molecule has 1 N–H and O–H groups in total. The molecule has 2 aromatic heterocycles. The van der Waals surface area contributed by atoms with Crippen LogP contribution < -0.4 is 5.32 Å². The van der Waals surface area contributed by atoms with Crippen molar-refractivity contribution in [1.82, 2.24) is 24.6 Å². The molecular formula is C29H34N6O3S. The van der Waals surface area contributed by atoms with E-state index in [4.69, 9.17) is 0 Å². The predicted octanol–water partition coefficient (Wildman–Crippen LogP) is 2.80. The molecule has 4 heterocycles. The Hall–Kier alpha value is -3.60. The van der Waals surface area contributed by atoms with Crippen molar-refractivity contribution in [2.75, 3.05) is 58.7 Å². The van der Waals surface area contributed by atoms with Crippen LogP contribution in [0.2, 0.25) is 0 Å². The molecule has 0 spiro atoms. The zero-order valence-corrected chi connectivity index (χ0v) is 23.5. The highest BCUT2D eigenvalue weighted by atomic mass is 32.1. The van der Waals surface area contributed by atoms with Gasteiger partial charge in [-0.05, 0) is 48.7 Å². The summed E-state index contributed by atoms with van der Waals surface area (Å²) in [4.78, 5) is 51.5. The van der Waals surface area contributed by atoms with Gasteiger partial charge in [0, 0.05) is 67.2 Å². The monoisotopic (exact) mass is 546 g/mol. The van der Waals surface area contributed by atoms with Crippen LogP contribution in [0.3, 0.4) is 0 Å². The van der Waals surface area contributed by atoms with Crippen LogP contribution in [0.25, 0.3) is 16.2 Å². The number of hydrogen-bond donors (Lipinski definition) is 1. The number of piperazine rings is 1. The summed E-state index contributed by atoms with van der Waals surface area (Å²) in [5, 5.41) is 4.08. The quantitative estimate of drug-likeness (QED) is 0.479. The van der Waals surface area contributed by atoms with Crippen molar-refractivity contribution in [2.45, 2.75) is 20.0 Å². The molecule has 0 atom stereocenters. The summed E-state index contributed by atoms with van der Waals surface area (Å²) in [5.41, 5.74) is 2.79. The lowest BCUT2D eigenvalue weighted by Gasteiger charge is -2.33. The van der Waals surface area contributed by atoms with E-state index in [0.717, 1.165) is 24.2 Å². The van der Waals surface area contributed by atoms with Crippen LogP contribution in [-0.2, 0) is 27.5 Å². The number of thiophene rings is 1. The summed E-state index contributed by atoms with van der Waals surface area (Å²) in [6.45, 7) is 6.47. The Morgan fingerprint density at radius 3 is 2.69 bits per heavy atom. The molecule has 1 aromatic carbocycles. The third-order valence-electron chi connectivity index (χ3n) is 7.34. The van der Waals surface area contributed by atoms with Crippen molar-refractivity contribution < 1.29 is 14.4 Å². The molecule has 9 nitrogen and oxygen atoms in total. The van der Waals surface area contributed by atoms with E-state index in [0.29, 0.717) is 32.0 Å². The van der Waals surface area contributed by atoms with Gasteiger partial charge in [0.1, 0.15) is 5.82 Å². The molecule has 0 saturated carbocycles. The molecule has 39 heavy (non-hydrogen) atoms. The maximum Gasteiger partial charge on any atom is 0.246 e. The number of fused-ring (bicyclic) bond motifs is 2. The van der Waals surface area contributed by atoms with E-state index in [-0.39, 0.29) is 30.8 Å². The molecule has 0 aliphatic carbocycles. The zero-order chi connectivity index (χ0) is 27.5. The van der Waals surface area contributed by atoms with Crippen LogP contribution in [0.15, 0.2) is 42.6 Å². The molecule has 204 valence electrons. The average Bonchev–Trinajstić information content (AvgIpc) is 3.13. The van der Waals surface area contributed by atoms with E-state index < -0.39 is 0 Å². The number of amides is 3. The number of benzene rings is 1. The first-order valence-corrected chi connectivity index (χ1v) is 14.0. The second-order valence-corrected chi connectivity index (χ2v) is 11.5. The fourth-order valence-corrected chi connectivity index (χ4v) is 6.21. The maximum atomic E-state index is 12.9. The molecule has 1 saturated heterocycles. The largest absolute Gasteiger partial charge is 0.339 e. The van der Waals surface area contributed by atoms with Gasteiger partial charge >= 0.3 is 0 Å². The van der Waals surface area contributed by atoms with Gasteiger partial charge in [0.2, 0.25) is 17.7 Å². The summed E-state index contributed by atoms with van der Waals surface area (Å²) in [7, 11) is 3.85. The fraction of sp³-hybridized carbons (Fsp3) is 0.379. The van der Waals surface area contributed by atoms with E-state index in [1.54, 1.807) is 41.6 Å². The third-order valence-corrected chi connectivity index (χ3v) is 8.60. The highest BCUT2D eigenvalue weighted by molar-refractivity contribution is 7.19. The van der Waals surface area contributed by atoms with Gasteiger partial charge in [0.05, 0.1) is 19.6 Å². The summed E-state index contributed by atoms with van der Waals surface area (Å²) in [5.74, 6) is 0.236. The lowest BCUT2D eigenvalue weighted by molar-refractivity contribution is -0.134. The lowest BCUT2D eigenvalue weighted by atomic mass is 10.1. The van der Waals surface area contributed by atoms with Crippen molar-refractivity contribution in [1.29, 1.82) is 0 Å². The first-order chi connectivity index (χ1) is 18.8. The molecule has 10 heteroatoms. The Labute approximate surface area is 232 Å². The highest BCUT2D eigenvalue weighted by Crippen LogP contribution is 2.31. The normalized spacial score (nSPS) is 16.8. The third kappa shape index (κ3) is 6.35. The summed E-state index contributed by atoms with van der Waals surface area (Å²) >= 11 is 1.72. The van der Waals surface area contributed by atoms with E-state index in [2.05, 4.69) is 41.3 Å². The number of aryl methyl sites for hydroxylation is 1. The molecule has 3 aromatic rings. The predicted molar refractivity (Wildman–Crippen MR) is 154 cm³/mol. The average molecular weight is 547 g/mol. The van der Waals surface area contributed by atoms with E-state index in [9.17, 15) is 14.4 Å². The summed E-state index contributed by atoms with van der Waals surface area (Å²) in [6.07, 6.45) is 4.94. The molecule has 3 amide bonds. The number of carbonyl (C=O) groups is 3. The fourth-order valence-electron chi connectivity index (χ4n) is 4.95. The highest BCUT2D eigenvalue weighted by Gasteiger charge is 2.25. The number of rotatable bonds is 6. The first-order valence-electron chi connectivity index (χ1n) is 13.1. The molecule has 2 aliphatic heterocycles. The summed E-state index contributed by atoms with van der Waals surface area (Å²) in [6, 6.07) is 10.2. The number of hydrogen-bond acceptors (Lipinski definition) is 7. The van der Waals surface area contributed by atoms with Gasteiger partial charge in [-0.3, -0.25) is 19.3 Å². The van der Waals surface area contributed by atoms with E-state index in [1.807, 2.05) is 28.0 Å². The molecule has 5 rings (SSSR count). The Balaban J connectivity index is 1.24. The number of likely N-dealkylation sites (N-methyl/N-ethyl adjacent to an activating group) is 2. The number of carbonyl (C=O) groups excluding carboxylic acids is 3. The number of pyridine rings is 1. The van der Waals surface area contributed by atoms with Crippen LogP contribution in [0.5, 0.6) is 0 Å². The first kappa shape index (κ1) is 27.0. The standard InChI is InChI=1S/C29H34N6O3S/c1-20-23-6-4-5-7-24(23)39-25(20)17-33(3)27(37)9-8-21-14-22-16-34(18-26(36)31-29(22)30-15-21)19-28(38)35-12-10-32(2)11-13-35/h4-9,14-15H,10-13,16-19H2,1-3H3,(H,30,31,36)/b9-8+. The van der Waals surface area contributed by atoms with Crippen molar-refractivity contribution in [3.8, 4) is 0 Å². The maximum absolute atomic E-state index is 12.9. The molecule has 0 bridgehead atoms. The molecule has 2 aliphatic rings. The van der Waals surface area contributed by atoms with E-state index >= 15 is 0 Å². The Morgan fingerprint density at radius 1 is 1.15 bits per heavy atom. The minimum absolute atomic E-state index is 0.0332. The van der Waals surface area contributed by atoms with Gasteiger partial charge in [0.15, 0.2) is 0 Å². The Kier molecular flexibility index (Phi) is 8.06. The molecule has 0 radical (unpaired) electrons. The smallest absolute Gasteiger partial charge is 0.246 e. The van der Waals surface area contributed by atoms with E-state index in [1.165, 1.54) is 20.5 Å². The van der Waals surface area contributed by atoms with Crippen LogP contribution in [0.1, 0.15) is 21.6 Å². The zero-order valence-electron chi connectivity index (χ0n) is 22.6. The number of anilines is 1. The van der Waals surface area contributed by atoms with Crippen molar-refractivity contribution in [2.24, 2.45) is 0 Å². The molecule has 0 unspecified atom stereocenters. The number of aromatic nitrogens is 1. The second-order valence-electron chi connectivity index (χ2n) is 10.3. The van der Waals surface area contributed by atoms with Gasteiger partial charge in [-0.15, -0.1) is 11.3 Å². The lowest BCUT2D eigenvalue weighted by Crippen LogP contribution is -2.50. The van der Waals surface area contributed by atoms with Gasteiger partial charge in [-0.2, -0.15) is 0 Å². The minimum Gasteiger partial charge on any atom is -0.339 e. The minimum atomic E-state index is -0.191. The number of nitrogens with one attached hydrogen (secondary N) is 1. The van der Waals surface area contributed by atoms with Crippen molar-refractivity contribution >= 4 is 51.0 Å². The van der Waals surface area contributed by atoms with Crippen molar-refractivity contribution in [3.63, 3.8) is 0 Å².